The summed E-state index contributed by atoms with van der Waals surface area (Å²) in [5.41, 5.74) is -0.0394. The van der Waals surface area contributed by atoms with Crippen LogP contribution in [0.15, 0.2) is 12.2 Å². The summed E-state index contributed by atoms with van der Waals surface area (Å²) < 4.78 is 5.75. The lowest BCUT2D eigenvalue weighted by Crippen LogP contribution is -2.41. The molecule has 0 aliphatic carbocycles. The van der Waals surface area contributed by atoms with Crippen molar-refractivity contribution in [1.82, 2.24) is 5.32 Å². The molecule has 2 aliphatic rings. The molecule has 0 amide bonds. The highest BCUT2D eigenvalue weighted by molar-refractivity contribution is 5.20. The van der Waals surface area contributed by atoms with Crippen LogP contribution < -0.4 is 5.32 Å². The molecule has 2 heteroatoms. The Labute approximate surface area is 73.0 Å². The molecule has 2 aliphatic heterocycles. The molecule has 1 unspecified atom stereocenters. The topological polar surface area (TPSA) is 21.3 Å². The van der Waals surface area contributed by atoms with Gasteiger partial charge in [0.1, 0.15) is 6.10 Å². The zero-order chi connectivity index (χ0) is 8.44. The molecule has 0 saturated carbocycles. The molecule has 0 bridgehead atoms. The maximum absolute atomic E-state index is 5.75. The smallest absolute Gasteiger partial charge is 0.137 e. The molecule has 0 aromatic carbocycles. The average molecular weight is 163 g/mol. The van der Waals surface area contributed by atoms with E-state index in [1.54, 1.807) is 0 Å². The highest BCUT2D eigenvalue weighted by atomic mass is 16.5. The van der Waals surface area contributed by atoms with E-state index in [0.717, 1.165) is 25.9 Å². The van der Waals surface area contributed by atoms with Crippen LogP contribution >= 0.6 is 0 Å². The van der Waals surface area contributed by atoms with Crippen LogP contribution in [0.25, 0.3) is 0 Å². The lowest BCUT2D eigenvalue weighted by molar-refractivity contribution is -0.0213. The molecule has 1 spiro atoms. The van der Waals surface area contributed by atoms with Crippen LogP contribution in [0.5, 0.6) is 0 Å². The van der Waals surface area contributed by atoms with E-state index in [0.29, 0.717) is 0 Å². The first kappa shape index (κ1) is 7.85. The summed E-state index contributed by atoms with van der Waals surface area (Å²) >= 11 is 0. The van der Waals surface area contributed by atoms with Crippen molar-refractivity contribution in [2.45, 2.75) is 24.5 Å². The Bertz CT molecular complexity index is 233. The van der Waals surface area contributed by atoms with Gasteiger partial charge in [-0.1, -0.05) is 12.0 Å². The summed E-state index contributed by atoms with van der Waals surface area (Å²) in [6, 6.07) is 0. The second-order valence-electron chi connectivity index (χ2n) is 3.38. The maximum atomic E-state index is 5.75. The van der Waals surface area contributed by atoms with Crippen LogP contribution in [0, 0.1) is 12.3 Å². The van der Waals surface area contributed by atoms with Gasteiger partial charge in [0.15, 0.2) is 0 Å². The normalized spacial score (nSPS) is 32.1. The van der Waals surface area contributed by atoms with Crippen molar-refractivity contribution in [2.24, 2.45) is 0 Å². The second-order valence-corrected chi connectivity index (χ2v) is 3.38. The van der Waals surface area contributed by atoms with Crippen molar-refractivity contribution in [3.63, 3.8) is 0 Å². The number of hydrogen-bond acceptors (Lipinski definition) is 2. The number of piperidine rings is 1. The van der Waals surface area contributed by atoms with Crippen molar-refractivity contribution in [2.75, 3.05) is 13.1 Å². The molecule has 1 N–H and O–H groups in total. The van der Waals surface area contributed by atoms with Gasteiger partial charge in [-0.05, 0) is 32.0 Å². The first-order valence-electron chi connectivity index (χ1n) is 4.39. The van der Waals surface area contributed by atoms with E-state index in [1.165, 1.54) is 0 Å². The monoisotopic (exact) mass is 163 g/mol. The molecule has 64 valence electrons. The van der Waals surface area contributed by atoms with Gasteiger partial charge in [0.05, 0.1) is 5.60 Å². The minimum atomic E-state index is -0.0944. The van der Waals surface area contributed by atoms with E-state index in [9.17, 15) is 0 Å². The molecule has 0 aromatic heterocycles. The fourth-order valence-electron chi connectivity index (χ4n) is 1.82. The van der Waals surface area contributed by atoms with Gasteiger partial charge in [0, 0.05) is 0 Å². The summed E-state index contributed by atoms with van der Waals surface area (Å²) in [5.74, 6) is 2.61. The predicted molar refractivity (Wildman–Crippen MR) is 47.7 cm³/mol. The molecular weight excluding hydrogens is 150 g/mol. The summed E-state index contributed by atoms with van der Waals surface area (Å²) in [4.78, 5) is 0. The van der Waals surface area contributed by atoms with Crippen LogP contribution in [-0.4, -0.2) is 24.8 Å². The van der Waals surface area contributed by atoms with Gasteiger partial charge in [0.2, 0.25) is 0 Å². The van der Waals surface area contributed by atoms with Gasteiger partial charge in [-0.15, -0.1) is 6.42 Å². The Balaban J connectivity index is 2.05. The molecule has 2 rings (SSSR count). The van der Waals surface area contributed by atoms with Gasteiger partial charge in [0.25, 0.3) is 0 Å². The van der Waals surface area contributed by atoms with Crippen molar-refractivity contribution in [3.8, 4) is 12.3 Å². The van der Waals surface area contributed by atoms with E-state index in [4.69, 9.17) is 11.2 Å². The minimum Gasteiger partial charge on any atom is -0.351 e. The summed E-state index contributed by atoms with van der Waals surface area (Å²) in [5, 5.41) is 3.30. The van der Waals surface area contributed by atoms with Crippen molar-refractivity contribution in [1.29, 1.82) is 0 Å². The maximum Gasteiger partial charge on any atom is 0.137 e. The summed E-state index contributed by atoms with van der Waals surface area (Å²) in [6.45, 7) is 2.06. The standard InChI is InChI=1S/C10H13NO/c1-2-9-3-4-10(12-9)5-7-11-8-6-10/h1,3-4,9,11H,5-8H2. The third-order valence-electron chi connectivity index (χ3n) is 2.55. The molecule has 0 aromatic rings. The molecule has 1 fully saturated rings. The summed E-state index contributed by atoms with van der Waals surface area (Å²) in [6.07, 6.45) is 11.4. The Kier molecular flexibility index (Phi) is 1.92. The molecule has 2 heterocycles. The molecule has 1 atom stereocenters. The lowest BCUT2D eigenvalue weighted by Gasteiger charge is -2.32. The fraction of sp³-hybridized carbons (Fsp3) is 0.600. The van der Waals surface area contributed by atoms with Gasteiger partial charge in [-0.3, -0.25) is 0 Å². The van der Waals surface area contributed by atoms with Gasteiger partial charge in [-0.25, -0.2) is 0 Å². The quantitative estimate of drug-likeness (QED) is 0.419. The second kappa shape index (κ2) is 2.93. The van der Waals surface area contributed by atoms with Gasteiger partial charge < -0.3 is 10.1 Å². The lowest BCUT2D eigenvalue weighted by atomic mass is 9.93. The first-order valence-corrected chi connectivity index (χ1v) is 4.39. The van der Waals surface area contributed by atoms with Crippen LogP contribution in [0.2, 0.25) is 0 Å². The Hall–Kier alpha value is -0.780. The van der Waals surface area contributed by atoms with E-state index in [-0.39, 0.29) is 11.7 Å². The zero-order valence-electron chi connectivity index (χ0n) is 7.05. The molecule has 1 saturated heterocycles. The Morgan fingerprint density at radius 1 is 1.50 bits per heavy atom. The summed E-state index contributed by atoms with van der Waals surface area (Å²) in [7, 11) is 0. The third kappa shape index (κ3) is 1.26. The number of nitrogens with one attached hydrogen (secondary N) is 1. The SMILES string of the molecule is C#CC1C=CC2(CCNCC2)O1. The molecule has 2 nitrogen and oxygen atoms in total. The van der Waals surface area contributed by atoms with Crippen LogP contribution in [0.1, 0.15) is 12.8 Å². The number of terminal acetylenes is 1. The first-order chi connectivity index (χ1) is 5.85. The van der Waals surface area contributed by atoms with Crippen LogP contribution in [0.4, 0.5) is 0 Å². The van der Waals surface area contributed by atoms with Crippen molar-refractivity contribution >= 4 is 0 Å². The molecule has 0 radical (unpaired) electrons. The Morgan fingerprint density at radius 2 is 2.25 bits per heavy atom. The van der Waals surface area contributed by atoms with Gasteiger partial charge >= 0.3 is 0 Å². The Morgan fingerprint density at radius 3 is 2.83 bits per heavy atom. The van der Waals surface area contributed by atoms with E-state index < -0.39 is 0 Å². The van der Waals surface area contributed by atoms with Crippen molar-refractivity contribution in [3.05, 3.63) is 12.2 Å². The van der Waals surface area contributed by atoms with E-state index in [2.05, 4.69) is 17.3 Å². The number of hydrogen-bond donors (Lipinski definition) is 1. The molecule has 12 heavy (non-hydrogen) atoms. The largest absolute Gasteiger partial charge is 0.351 e. The van der Waals surface area contributed by atoms with E-state index in [1.807, 2.05) is 6.08 Å². The van der Waals surface area contributed by atoms with Crippen molar-refractivity contribution < 1.29 is 4.74 Å². The van der Waals surface area contributed by atoms with Crippen LogP contribution in [-0.2, 0) is 4.74 Å². The molecular formula is C10H13NO. The minimum absolute atomic E-state index is 0.0394. The highest BCUT2D eigenvalue weighted by Gasteiger charge is 2.35. The predicted octanol–water partition coefficient (Wildman–Crippen LogP) is 0.697. The van der Waals surface area contributed by atoms with E-state index >= 15 is 0 Å². The fourth-order valence-corrected chi connectivity index (χ4v) is 1.82. The average Bonchev–Trinajstić information content (AvgIpc) is 2.50. The number of rotatable bonds is 0. The van der Waals surface area contributed by atoms with Gasteiger partial charge in [-0.2, -0.15) is 0 Å². The highest BCUT2D eigenvalue weighted by Crippen LogP contribution is 2.31. The van der Waals surface area contributed by atoms with Crippen LogP contribution in [0.3, 0.4) is 0 Å². The zero-order valence-corrected chi connectivity index (χ0v) is 7.05. The third-order valence-corrected chi connectivity index (χ3v) is 2.55. The number of ether oxygens (including phenoxy) is 1.